The van der Waals surface area contributed by atoms with Crippen molar-refractivity contribution in [2.24, 2.45) is 0 Å². The molecule has 0 unspecified atom stereocenters. The average Bonchev–Trinajstić information content (AvgIpc) is 2.63. The van der Waals surface area contributed by atoms with Gasteiger partial charge in [-0.1, -0.05) is 11.6 Å². The second kappa shape index (κ2) is 8.04. The molecule has 0 spiro atoms. The third kappa shape index (κ3) is 4.61. The van der Waals surface area contributed by atoms with Crippen LogP contribution in [-0.4, -0.2) is 41.2 Å². The van der Waals surface area contributed by atoms with E-state index in [1.807, 2.05) is 0 Å². The number of alkyl halides is 3. The molecule has 0 bridgehead atoms. The normalized spacial score (nSPS) is 14.9. The molecule has 1 saturated heterocycles. The molecule has 28 heavy (non-hydrogen) atoms. The van der Waals surface area contributed by atoms with Gasteiger partial charge < -0.3 is 15.1 Å². The number of piperazine rings is 1. The minimum atomic E-state index is -4.51. The Bertz CT molecular complexity index is 884. The van der Waals surface area contributed by atoms with E-state index in [1.165, 1.54) is 6.07 Å². The summed E-state index contributed by atoms with van der Waals surface area (Å²) >= 11 is 11.2. The molecule has 0 aliphatic carbocycles. The number of thiocarbonyl (C=S) groups is 1. The zero-order valence-corrected chi connectivity index (χ0v) is 15.8. The first-order chi connectivity index (χ1) is 13.1. The molecule has 0 radical (unpaired) electrons. The number of rotatable bonds is 2. The van der Waals surface area contributed by atoms with Crippen LogP contribution in [0.25, 0.3) is 0 Å². The third-order valence-corrected chi connectivity index (χ3v) is 4.83. The van der Waals surface area contributed by atoms with Crippen molar-refractivity contribution < 1.29 is 22.0 Å². The van der Waals surface area contributed by atoms with Crippen molar-refractivity contribution >= 4 is 40.4 Å². The van der Waals surface area contributed by atoms with Gasteiger partial charge in [0.2, 0.25) is 0 Å². The van der Waals surface area contributed by atoms with Crippen LogP contribution in [0.5, 0.6) is 0 Å². The highest BCUT2D eigenvalue weighted by Crippen LogP contribution is 2.33. The van der Waals surface area contributed by atoms with Gasteiger partial charge in [0.1, 0.15) is 17.5 Å². The summed E-state index contributed by atoms with van der Waals surface area (Å²) in [6.45, 7) is 1.67. The third-order valence-electron chi connectivity index (χ3n) is 4.19. The van der Waals surface area contributed by atoms with Crippen LogP contribution in [0, 0.1) is 11.6 Å². The Labute approximate surface area is 167 Å². The van der Waals surface area contributed by atoms with E-state index in [1.54, 1.807) is 9.80 Å². The van der Waals surface area contributed by atoms with Crippen molar-refractivity contribution in [3.8, 4) is 0 Å². The quantitative estimate of drug-likeness (QED) is 0.551. The number of halogens is 6. The van der Waals surface area contributed by atoms with E-state index >= 15 is 0 Å². The Morgan fingerprint density at radius 3 is 2.36 bits per heavy atom. The van der Waals surface area contributed by atoms with Crippen molar-refractivity contribution in [1.29, 1.82) is 0 Å². The van der Waals surface area contributed by atoms with Crippen LogP contribution in [0.3, 0.4) is 0 Å². The van der Waals surface area contributed by atoms with Crippen molar-refractivity contribution in [1.82, 2.24) is 9.88 Å². The van der Waals surface area contributed by atoms with Gasteiger partial charge in [-0.15, -0.1) is 0 Å². The lowest BCUT2D eigenvalue weighted by Crippen LogP contribution is -2.50. The number of benzene rings is 1. The van der Waals surface area contributed by atoms with Gasteiger partial charge in [-0.25, -0.2) is 13.8 Å². The predicted octanol–water partition coefficient (Wildman–Crippen LogP) is 4.55. The second-order valence-electron chi connectivity index (χ2n) is 6.06. The summed E-state index contributed by atoms with van der Waals surface area (Å²) in [5.74, 6) is -1.19. The smallest absolute Gasteiger partial charge is 0.352 e. The molecule has 150 valence electrons. The van der Waals surface area contributed by atoms with Gasteiger partial charge >= 0.3 is 6.18 Å². The van der Waals surface area contributed by atoms with Gasteiger partial charge in [0.05, 0.1) is 16.3 Å². The highest BCUT2D eigenvalue weighted by Gasteiger charge is 2.32. The second-order valence-corrected chi connectivity index (χ2v) is 6.85. The lowest BCUT2D eigenvalue weighted by atomic mass is 10.2. The molecule has 4 nitrogen and oxygen atoms in total. The maximum Gasteiger partial charge on any atom is 0.417 e. The van der Waals surface area contributed by atoms with Crippen molar-refractivity contribution in [2.75, 3.05) is 36.4 Å². The fourth-order valence-electron chi connectivity index (χ4n) is 2.72. The fourth-order valence-corrected chi connectivity index (χ4v) is 3.30. The minimum absolute atomic E-state index is 0.0567. The SMILES string of the molecule is Fc1ccc(NC(=S)N2CCN(c3ncc(C(F)(F)F)cc3Cl)CC2)c(F)c1. The molecule has 1 fully saturated rings. The van der Waals surface area contributed by atoms with Gasteiger partial charge in [0, 0.05) is 38.4 Å². The topological polar surface area (TPSA) is 31.4 Å². The van der Waals surface area contributed by atoms with E-state index in [-0.39, 0.29) is 21.6 Å². The molecular weight excluding hydrogens is 423 g/mol. The molecule has 3 rings (SSSR count). The molecule has 2 heterocycles. The van der Waals surface area contributed by atoms with E-state index in [4.69, 9.17) is 23.8 Å². The van der Waals surface area contributed by atoms with Crippen LogP contribution in [0.4, 0.5) is 33.5 Å². The highest BCUT2D eigenvalue weighted by molar-refractivity contribution is 7.80. The van der Waals surface area contributed by atoms with Crippen LogP contribution in [0.1, 0.15) is 5.56 Å². The number of pyridine rings is 1. The molecule has 0 saturated carbocycles. The predicted molar refractivity (Wildman–Crippen MR) is 101 cm³/mol. The first kappa shape index (κ1) is 20.5. The zero-order valence-electron chi connectivity index (χ0n) is 14.2. The zero-order chi connectivity index (χ0) is 20.5. The molecule has 1 aromatic heterocycles. The van der Waals surface area contributed by atoms with Crippen molar-refractivity contribution in [3.63, 3.8) is 0 Å². The Kier molecular flexibility index (Phi) is 5.90. The first-order valence-electron chi connectivity index (χ1n) is 8.14. The molecular formula is C17H14ClF5N4S. The number of aromatic nitrogens is 1. The van der Waals surface area contributed by atoms with Crippen molar-refractivity contribution in [3.05, 3.63) is 52.7 Å². The molecule has 1 aromatic carbocycles. The lowest BCUT2D eigenvalue weighted by Gasteiger charge is -2.37. The summed E-state index contributed by atoms with van der Waals surface area (Å²) in [5, 5.41) is 2.90. The highest BCUT2D eigenvalue weighted by atomic mass is 35.5. The van der Waals surface area contributed by atoms with E-state index in [2.05, 4.69) is 10.3 Å². The standard InChI is InChI=1S/C17H14ClF5N4S/c18-12-7-10(17(21,22)23)9-24-15(12)26-3-5-27(6-4-26)16(28)25-14-2-1-11(19)8-13(14)20/h1-2,7-9H,3-6H2,(H,25,28). The van der Waals surface area contributed by atoms with E-state index in [0.29, 0.717) is 26.2 Å². The van der Waals surface area contributed by atoms with E-state index in [0.717, 1.165) is 24.4 Å². The lowest BCUT2D eigenvalue weighted by molar-refractivity contribution is -0.137. The molecule has 1 N–H and O–H groups in total. The molecule has 0 atom stereocenters. The largest absolute Gasteiger partial charge is 0.417 e. The van der Waals surface area contributed by atoms with Gasteiger partial charge in [0.15, 0.2) is 5.11 Å². The number of hydrogen-bond donors (Lipinski definition) is 1. The molecule has 1 aliphatic rings. The summed E-state index contributed by atoms with van der Waals surface area (Å²) in [6, 6.07) is 3.96. The Balaban J connectivity index is 1.62. The summed E-state index contributed by atoms with van der Waals surface area (Å²) < 4.78 is 64.9. The van der Waals surface area contributed by atoms with Crippen LogP contribution < -0.4 is 10.2 Å². The van der Waals surface area contributed by atoms with Crippen LogP contribution in [0.2, 0.25) is 5.02 Å². The average molecular weight is 437 g/mol. The molecule has 0 amide bonds. The van der Waals surface area contributed by atoms with E-state index < -0.39 is 23.4 Å². The van der Waals surface area contributed by atoms with Crippen molar-refractivity contribution in [2.45, 2.75) is 6.18 Å². The first-order valence-corrected chi connectivity index (χ1v) is 8.92. The Hall–Kier alpha value is -2.20. The van der Waals surface area contributed by atoms with Gasteiger partial charge in [-0.2, -0.15) is 13.2 Å². The number of hydrogen-bond acceptors (Lipinski definition) is 3. The number of nitrogens with zero attached hydrogens (tertiary/aromatic N) is 3. The maximum atomic E-state index is 13.7. The summed E-state index contributed by atoms with van der Waals surface area (Å²) in [6.07, 6.45) is -3.77. The Morgan fingerprint density at radius 1 is 1.11 bits per heavy atom. The fraction of sp³-hybridized carbons (Fsp3) is 0.294. The maximum absolute atomic E-state index is 13.7. The van der Waals surface area contributed by atoms with Gasteiger partial charge in [-0.05, 0) is 30.4 Å². The van der Waals surface area contributed by atoms with E-state index in [9.17, 15) is 22.0 Å². The van der Waals surface area contributed by atoms with Crippen LogP contribution >= 0.6 is 23.8 Å². The van der Waals surface area contributed by atoms with Gasteiger partial charge in [0.25, 0.3) is 0 Å². The molecule has 1 aliphatic heterocycles. The minimum Gasteiger partial charge on any atom is -0.352 e. The molecule has 2 aromatic rings. The van der Waals surface area contributed by atoms with Crippen LogP contribution in [0.15, 0.2) is 30.5 Å². The Morgan fingerprint density at radius 2 is 1.79 bits per heavy atom. The summed E-state index contributed by atoms with van der Waals surface area (Å²) in [7, 11) is 0. The monoisotopic (exact) mass is 436 g/mol. The number of nitrogens with one attached hydrogen (secondary N) is 1. The molecule has 11 heteroatoms. The van der Waals surface area contributed by atoms with Gasteiger partial charge in [-0.3, -0.25) is 0 Å². The summed E-state index contributed by atoms with van der Waals surface area (Å²) in [4.78, 5) is 7.37. The number of anilines is 2. The van der Waals surface area contributed by atoms with Crippen LogP contribution in [-0.2, 0) is 6.18 Å². The summed E-state index contributed by atoms with van der Waals surface area (Å²) in [5.41, 5.74) is -0.854.